The van der Waals surface area contributed by atoms with Crippen molar-refractivity contribution in [1.82, 2.24) is 5.32 Å². The first-order valence-electron chi connectivity index (χ1n) is 7.58. The lowest BCUT2D eigenvalue weighted by molar-refractivity contribution is -0.145. The van der Waals surface area contributed by atoms with Gasteiger partial charge in [0.15, 0.2) is 0 Å². The van der Waals surface area contributed by atoms with Gasteiger partial charge in [0, 0.05) is 17.1 Å². The van der Waals surface area contributed by atoms with Gasteiger partial charge in [-0.1, -0.05) is 41.9 Å². The average Bonchev–Trinajstić information content (AvgIpc) is 2.56. The minimum Gasteiger partial charge on any atom is -0.464 e. The molecule has 0 spiro atoms. The number of nitrogens with two attached hydrogens (primary N) is 1. The number of esters is 1. The predicted octanol–water partition coefficient (Wildman–Crippen LogP) is 2.83. The topological polar surface area (TPSA) is 81.4 Å². The number of carbonyl (C=O) groups excluding carboxylic acids is 2. The fraction of sp³-hybridized carbons (Fsp3) is 0.222. The van der Waals surface area contributed by atoms with E-state index >= 15 is 0 Å². The predicted molar refractivity (Wildman–Crippen MR) is 93.9 cm³/mol. The fourth-order valence-corrected chi connectivity index (χ4v) is 2.47. The van der Waals surface area contributed by atoms with E-state index in [-0.39, 0.29) is 13.0 Å². The molecule has 3 N–H and O–H groups in total. The summed E-state index contributed by atoms with van der Waals surface area (Å²) in [7, 11) is 0. The van der Waals surface area contributed by atoms with E-state index in [2.05, 4.69) is 5.32 Å². The molecule has 6 heteroatoms. The molecule has 0 aliphatic heterocycles. The van der Waals surface area contributed by atoms with E-state index in [0.29, 0.717) is 16.3 Å². The molecule has 0 bridgehead atoms. The van der Waals surface area contributed by atoms with Crippen LogP contribution in [-0.4, -0.2) is 24.5 Å². The summed E-state index contributed by atoms with van der Waals surface area (Å²) in [5.41, 5.74) is 7.21. The number of anilines is 1. The van der Waals surface area contributed by atoms with Crippen LogP contribution in [-0.2, 0) is 16.0 Å². The van der Waals surface area contributed by atoms with Crippen molar-refractivity contribution in [3.8, 4) is 0 Å². The van der Waals surface area contributed by atoms with Crippen LogP contribution in [0.15, 0.2) is 48.5 Å². The molecule has 2 aromatic carbocycles. The zero-order valence-corrected chi connectivity index (χ0v) is 14.0. The molecule has 0 saturated carbocycles. The summed E-state index contributed by atoms with van der Waals surface area (Å²) in [5.74, 6) is -0.946. The molecular formula is C18H19ClN2O3. The van der Waals surface area contributed by atoms with Gasteiger partial charge < -0.3 is 15.8 Å². The van der Waals surface area contributed by atoms with Crippen molar-refractivity contribution in [2.45, 2.75) is 19.4 Å². The lowest BCUT2D eigenvalue weighted by Gasteiger charge is -2.18. The molecule has 1 amide bonds. The summed E-state index contributed by atoms with van der Waals surface area (Å²) in [6.07, 6.45) is 0.233. The third kappa shape index (κ3) is 4.49. The van der Waals surface area contributed by atoms with Crippen molar-refractivity contribution in [3.63, 3.8) is 0 Å². The Kier molecular flexibility index (Phi) is 6.21. The second-order valence-corrected chi connectivity index (χ2v) is 5.57. The Hall–Kier alpha value is -2.53. The number of ether oxygens (including phenoxy) is 1. The van der Waals surface area contributed by atoms with E-state index in [9.17, 15) is 9.59 Å². The third-order valence-electron chi connectivity index (χ3n) is 3.46. The highest BCUT2D eigenvalue weighted by Crippen LogP contribution is 2.18. The Balaban J connectivity index is 2.20. The van der Waals surface area contributed by atoms with Crippen LogP contribution in [0.5, 0.6) is 0 Å². The number of para-hydroxylation sites is 1. The number of carbonyl (C=O) groups is 2. The van der Waals surface area contributed by atoms with Gasteiger partial charge in [0.05, 0.1) is 12.2 Å². The smallest absolute Gasteiger partial charge is 0.328 e. The van der Waals surface area contributed by atoms with Crippen LogP contribution in [0, 0.1) is 0 Å². The molecule has 0 fully saturated rings. The van der Waals surface area contributed by atoms with E-state index in [4.69, 9.17) is 22.1 Å². The van der Waals surface area contributed by atoms with Crippen molar-refractivity contribution in [2.75, 3.05) is 12.3 Å². The van der Waals surface area contributed by atoms with E-state index in [1.54, 1.807) is 49.4 Å². The number of halogens is 1. The third-order valence-corrected chi connectivity index (χ3v) is 3.83. The Morgan fingerprint density at radius 2 is 1.83 bits per heavy atom. The summed E-state index contributed by atoms with van der Waals surface area (Å²) >= 11 is 6.14. The van der Waals surface area contributed by atoms with Gasteiger partial charge in [-0.2, -0.15) is 0 Å². The molecule has 2 rings (SSSR count). The van der Waals surface area contributed by atoms with Gasteiger partial charge >= 0.3 is 5.97 Å². The Labute approximate surface area is 145 Å². The maximum atomic E-state index is 12.4. The van der Waals surface area contributed by atoms with E-state index in [1.807, 2.05) is 6.07 Å². The van der Waals surface area contributed by atoms with Crippen LogP contribution in [0.3, 0.4) is 0 Å². The lowest BCUT2D eigenvalue weighted by atomic mass is 10.0. The molecule has 0 heterocycles. The number of nitrogens with one attached hydrogen (secondary N) is 1. The van der Waals surface area contributed by atoms with Gasteiger partial charge in [-0.05, 0) is 30.7 Å². The number of rotatable bonds is 6. The molecule has 2 aromatic rings. The standard InChI is InChI=1S/C18H19ClN2O3/c1-2-24-18(23)16(11-12-7-3-5-9-14(12)19)21-17(22)13-8-4-6-10-15(13)20/h3-10,16H,2,11,20H2,1H3,(H,21,22). The molecule has 0 saturated heterocycles. The van der Waals surface area contributed by atoms with Crippen molar-refractivity contribution in [2.24, 2.45) is 0 Å². The SMILES string of the molecule is CCOC(=O)C(Cc1ccccc1Cl)NC(=O)c1ccccc1N. The normalized spacial score (nSPS) is 11.6. The summed E-state index contributed by atoms with van der Waals surface area (Å²) < 4.78 is 5.06. The van der Waals surface area contributed by atoms with Crippen LogP contribution in [0.4, 0.5) is 5.69 Å². The molecule has 5 nitrogen and oxygen atoms in total. The second kappa shape index (κ2) is 8.36. The Morgan fingerprint density at radius 3 is 2.50 bits per heavy atom. The summed E-state index contributed by atoms with van der Waals surface area (Å²) in [5, 5.41) is 3.21. The summed E-state index contributed by atoms with van der Waals surface area (Å²) in [4.78, 5) is 24.6. The fourth-order valence-electron chi connectivity index (χ4n) is 2.26. The minimum absolute atomic E-state index is 0.223. The van der Waals surface area contributed by atoms with E-state index in [0.717, 1.165) is 5.56 Å². The Bertz CT molecular complexity index is 734. The van der Waals surface area contributed by atoms with Crippen LogP contribution in [0.2, 0.25) is 5.02 Å². The minimum atomic E-state index is -0.850. The van der Waals surface area contributed by atoms with Crippen LogP contribution < -0.4 is 11.1 Å². The highest BCUT2D eigenvalue weighted by molar-refractivity contribution is 6.31. The van der Waals surface area contributed by atoms with Gasteiger partial charge in [0.1, 0.15) is 6.04 Å². The van der Waals surface area contributed by atoms with Crippen LogP contribution in [0.1, 0.15) is 22.8 Å². The first kappa shape index (κ1) is 17.8. The van der Waals surface area contributed by atoms with Crippen molar-refractivity contribution >= 4 is 29.2 Å². The van der Waals surface area contributed by atoms with Crippen molar-refractivity contribution < 1.29 is 14.3 Å². The van der Waals surface area contributed by atoms with Crippen molar-refractivity contribution in [3.05, 3.63) is 64.7 Å². The van der Waals surface area contributed by atoms with E-state index < -0.39 is 17.9 Å². The lowest BCUT2D eigenvalue weighted by Crippen LogP contribution is -2.43. The summed E-state index contributed by atoms with van der Waals surface area (Å²) in [6.45, 7) is 1.93. The highest BCUT2D eigenvalue weighted by atomic mass is 35.5. The van der Waals surface area contributed by atoms with Gasteiger partial charge in [-0.3, -0.25) is 4.79 Å². The molecule has 0 aromatic heterocycles. The first-order chi connectivity index (χ1) is 11.5. The molecule has 0 aliphatic carbocycles. The average molecular weight is 347 g/mol. The molecular weight excluding hydrogens is 328 g/mol. The largest absolute Gasteiger partial charge is 0.464 e. The van der Waals surface area contributed by atoms with Gasteiger partial charge in [0.25, 0.3) is 5.91 Å². The van der Waals surface area contributed by atoms with Crippen molar-refractivity contribution in [1.29, 1.82) is 0 Å². The zero-order valence-electron chi connectivity index (χ0n) is 13.3. The highest BCUT2D eigenvalue weighted by Gasteiger charge is 2.24. The molecule has 1 unspecified atom stereocenters. The van der Waals surface area contributed by atoms with Crippen LogP contribution >= 0.6 is 11.6 Å². The number of hydrogen-bond acceptors (Lipinski definition) is 4. The quantitative estimate of drug-likeness (QED) is 0.622. The number of amides is 1. The monoisotopic (exact) mass is 346 g/mol. The zero-order chi connectivity index (χ0) is 17.5. The van der Waals surface area contributed by atoms with Gasteiger partial charge in [-0.25, -0.2) is 4.79 Å². The first-order valence-corrected chi connectivity index (χ1v) is 7.96. The molecule has 126 valence electrons. The molecule has 24 heavy (non-hydrogen) atoms. The number of benzene rings is 2. The summed E-state index contributed by atoms with van der Waals surface area (Å²) in [6, 6.07) is 13.0. The van der Waals surface area contributed by atoms with Crippen LogP contribution in [0.25, 0.3) is 0 Å². The maximum Gasteiger partial charge on any atom is 0.328 e. The van der Waals surface area contributed by atoms with Gasteiger partial charge in [-0.15, -0.1) is 0 Å². The molecule has 0 radical (unpaired) electrons. The maximum absolute atomic E-state index is 12.4. The van der Waals surface area contributed by atoms with E-state index in [1.165, 1.54) is 0 Å². The van der Waals surface area contributed by atoms with Gasteiger partial charge in [0.2, 0.25) is 0 Å². The molecule has 0 aliphatic rings. The second-order valence-electron chi connectivity index (χ2n) is 5.16. The Morgan fingerprint density at radius 1 is 1.17 bits per heavy atom. The molecule has 1 atom stereocenters. The number of nitrogen functional groups attached to an aromatic ring is 1. The number of hydrogen-bond donors (Lipinski definition) is 2.